The molecule has 2 rings (SSSR count). The molecule has 1 aromatic heterocycles. The monoisotopic (exact) mass is 243 g/mol. The van der Waals surface area contributed by atoms with E-state index < -0.39 is 0 Å². The van der Waals surface area contributed by atoms with Crippen LogP contribution in [0.1, 0.15) is 34.1 Å². The van der Waals surface area contributed by atoms with E-state index in [1.807, 2.05) is 13.3 Å². The maximum atomic E-state index is 6.33. The van der Waals surface area contributed by atoms with Gasteiger partial charge in [0.2, 0.25) is 0 Å². The largest absolute Gasteiger partial charge is 0.333 e. The van der Waals surface area contributed by atoms with Crippen LogP contribution in [0, 0.1) is 27.7 Å². The standard InChI is InChI=1S/C15H21N3/c1-10-5-6-11(2)14(7-10)15(16)8-18-9-17-12(3)13(18)4/h5-7,9,15H,8,16H2,1-4H3. The summed E-state index contributed by atoms with van der Waals surface area (Å²) in [6.07, 6.45) is 1.87. The summed E-state index contributed by atoms with van der Waals surface area (Å²) in [7, 11) is 0. The first-order valence-electron chi connectivity index (χ1n) is 6.30. The fraction of sp³-hybridized carbons (Fsp3) is 0.400. The normalized spacial score (nSPS) is 12.7. The summed E-state index contributed by atoms with van der Waals surface area (Å²) in [5.74, 6) is 0. The van der Waals surface area contributed by atoms with E-state index in [0.717, 1.165) is 12.2 Å². The molecule has 3 nitrogen and oxygen atoms in total. The molecule has 0 amide bonds. The van der Waals surface area contributed by atoms with Crippen LogP contribution >= 0.6 is 0 Å². The number of imidazole rings is 1. The second kappa shape index (κ2) is 4.94. The topological polar surface area (TPSA) is 43.8 Å². The highest BCUT2D eigenvalue weighted by molar-refractivity contribution is 5.32. The minimum Gasteiger partial charge on any atom is -0.333 e. The van der Waals surface area contributed by atoms with E-state index in [4.69, 9.17) is 5.73 Å². The molecule has 0 bridgehead atoms. The van der Waals surface area contributed by atoms with Gasteiger partial charge in [-0.25, -0.2) is 4.98 Å². The summed E-state index contributed by atoms with van der Waals surface area (Å²) in [6.45, 7) is 9.09. The van der Waals surface area contributed by atoms with Gasteiger partial charge >= 0.3 is 0 Å². The Kier molecular flexibility index (Phi) is 3.53. The molecule has 0 aliphatic carbocycles. The van der Waals surface area contributed by atoms with E-state index in [1.165, 1.54) is 22.4 Å². The number of hydrogen-bond acceptors (Lipinski definition) is 2. The Hall–Kier alpha value is -1.61. The van der Waals surface area contributed by atoms with Crippen molar-refractivity contribution in [3.05, 3.63) is 52.6 Å². The van der Waals surface area contributed by atoms with E-state index in [-0.39, 0.29) is 6.04 Å². The zero-order chi connectivity index (χ0) is 13.3. The predicted octanol–water partition coefficient (Wildman–Crippen LogP) is 2.82. The molecule has 0 aliphatic heterocycles. The van der Waals surface area contributed by atoms with Gasteiger partial charge in [-0.15, -0.1) is 0 Å². The van der Waals surface area contributed by atoms with Crippen molar-refractivity contribution in [2.45, 2.75) is 40.3 Å². The summed E-state index contributed by atoms with van der Waals surface area (Å²) in [4.78, 5) is 4.31. The van der Waals surface area contributed by atoms with Crippen molar-refractivity contribution in [2.24, 2.45) is 5.73 Å². The lowest BCUT2D eigenvalue weighted by Gasteiger charge is -2.17. The highest BCUT2D eigenvalue weighted by Crippen LogP contribution is 2.20. The zero-order valence-corrected chi connectivity index (χ0v) is 11.6. The van der Waals surface area contributed by atoms with Gasteiger partial charge < -0.3 is 10.3 Å². The van der Waals surface area contributed by atoms with Gasteiger partial charge in [0.1, 0.15) is 0 Å². The van der Waals surface area contributed by atoms with Crippen LogP contribution < -0.4 is 5.73 Å². The molecule has 0 fully saturated rings. The van der Waals surface area contributed by atoms with Crippen LogP contribution in [0.3, 0.4) is 0 Å². The molecule has 3 heteroatoms. The average Bonchev–Trinajstić information content (AvgIpc) is 2.64. The highest BCUT2D eigenvalue weighted by atomic mass is 15.1. The zero-order valence-electron chi connectivity index (χ0n) is 11.6. The molecular formula is C15H21N3. The molecule has 96 valence electrons. The van der Waals surface area contributed by atoms with Crippen molar-refractivity contribution in [3.63, 3.8) is 0 Å². The fourth-order valence-electron chi connectivity index (χ4n) is 2.20. The van der Waals surface area contributed by atoms with Crippen LogP contribution in [0.4, 0.5) is 0 Å². The lowest BCUT2D eigenvalue weighted by molar-refractivity contribution is 0.564. The Morgan fingerprint density at radius 2 is 1.94 bits per heavy atom. The van der Waals surface area contributed by atoms with Gasteiger partial charge in [-0.1, -0.05) is 23.8 Å². The van der Waals surface area contributed by atoms with Crippen molar-refractivity contribution in [1.29, 1.82) is 0 Å². The SMILES string of the molecule is Cc1ccc(C)c(C(N)Cn2cnc(C)c2C)c1. The minimum absolute atomic E-state index is 0.0113. The van der Waals surface area contributed by atoms with Gasteiger partial charge in [-0.2, -0.15) is 0 Å². The maximum absolute atomic E-state index is 6.33. The van der Waals surface area contributed by atoms with Crippen molar-refractivity contribution >= 4 is 0 Å². The van der Waals surface area contributed by atoms with E-state index in [0.29, 0.717) is 0 Å². The smallest absolute Gasteiger partial charge is 0.0952 e. The first kappa shape index (κ1) is 12.8. The molecule has 1 unspecified atom stereocenters. The van der Waals surface area contributed by atoms with Crippen LogP contribution in [0.25, 0.3) is 0 Å². The van der Waals surface area contributed by atoms with Gasteiger partial charge in [-0.3, -0.25) is 0 Å². The van der Waals surface area contributed by atoms with Gasteiger partial charge in [0, 0.05) is 18.3 Å². The molecule has 0 saturated carbocycles. The van der Waals surface area contributed by atoms with Gasteiger partial charge in [-0.05, 0) is 38.8 Å². The summed E-state index contributed by atoms with van der Waals surface area (Å²) in [6, 6.07) is 6.45. The van der Waals surface area contributed by atoms with E-state index in [1.54, 1.807) is 0 Å². The van der Waals surface area contributed by atoms with E-state index in [2.05, 4.69) is 48.5 Å². The first-order chi connectivity index (χ1) is 8.49. The lowest BCUT2D eigenvalue weighted by atomic mass is 9.99. The van der Waals surface area contributed by atoms with Crippen LogP contribution in [0.15, 0.2) is 24.5 Å². The van der Waals surface area contributed by atoms with Crippen LogP contribution in [-0.2, 0) is 6.54 Å². The Morgan fingerprint density at radius 3 is 2.56 bits per heavy atom. The maximum Gasteiger partial charge on any atom is 0.0952 e. The third-order valence-electron chi connectivity index (χ3n) is 3.57. The molecule has 0 radical (unpaired) electrons. The quantitative estimate of drug-likeness (QED) is 0.901. The molecule has 0 aliphatic rings. The third-order valence-corrected chi connectivity index (χ3v) is 3.57. The van der Waals surface area contributed by atoms with Gasteiger partial charge in [0.05, 0.1) is 12.0 Å². The minimum atomic E-state index is 0.0113. The van der Waals surface area contributed by atoms with Crippen LogP contribution in [0.5, 0.6) is 0 Å². The molecule has 1 heterocycles. The first-order valence-corrected chi connectivity index (χ1v) is 6.30. The molecule has 18 heavy (non-hydrogen) atoms. The van der Waals surface area contributed by atoms with Crippen LogP contribution in [0.2, 0.25) is 0 Å². The second-order valence-corrected chi connectivity index (χ2v) is 5.03. The number of rotatable bonds is 3. The number of nitrogens with two attached hydrogens (primary N) is 1. The summed E-state index contributed by atoms with van der Waals surface area (Å²) >= 11 is 0. The molecular weight excluding hydrogens is 222 g/mol. The summed E-state index contributed by atoms with van der Waals surface area (Å²) in [5, 5.41) is 0. The molecule has 2 N–H and O–H groups in total. The number of aryl methyl sites for hydroxylation is 3. The number of benzene rings is 1. The molecule has 1 atom stereocenters. The van der Waals surface area contributed by atoms with Crippen molar-refractivity contribution in [1.82, 2.24) is 9.55 Å². The van der Waals surface area contributed by atoms with Crippen molar-refractivity contribution in [2.75, 3.05) is 0 Å². The molecule has 0 spiro atoms. The third kappa shape index (κ3) is 2.46. The molecule has 0 saturated heterocycles. The van der Waals surface area contributed by atoms with Crippen molar-refractivity contribution < 1.29 is 0 Å². The van der Waals surface area contributed by atoms with E-state index in [9.17, 15) is 0 Å². The predicted molar refractivity (Wildman–Crippen MR) is 74.5 cm³/mol. The Bertz CT molecular complexity index is 555. The van der Waals surface area contributed by atoms with Crippen molar-refractivity contribution in [3.8, 4) is 0 Å². The Labute approximate surface area is 109 Å². The summed E-state index contributed by atoms with van der Waals surface area (Å²) in [5.41, 5.74) is 12.3. The molecule has 2 aromatic rings. The highest BCUT2D eigenvalue weighted by Gasteiger charge is 2.12. The van der Waals surface area contributed by atoms with Gasteiger partial charge in [0.25, 0.3) is 0 Å². The fourth-order valence-corrected chi connectivity index (χ4v) is 2.20. The Morgan fingerprint density at radius 1 is 1.22 bits per heavy atom. The lowest BCUT2D eigenvalue weighted by Crippen LogP contribution is -2.19. The summed E-state index contributed by atoms with van der Waals surface area (Å²) < 4.78 is 2.13. The second-order valence-electron chi connectivity index (χ2n) is 5.03. The number of nitrogens with zero attached hydrogens (tertiary/aromatic N) is 2. The molecule has 1 aromatic carbocycles. The van der Waals surface area contributed by atoms with Crippen LogP contribution in [-0.4, -0.2) is 9.55 Å². The average molecular weight is 243 g/mol. The Balaban J connectivity index is 2.24. The number of hydrogen-bond donors (Lipinski definition) is 1. The van der Waals surface area contributed by atoms with Gasteiger partial charge in [0.15, 0.2) is 0 Å². The van der Waals surface area contributed by atoms with E-state index >= 15 is 0 Å². The number of aromatic nitrogens is 2.